The number of carbonyl (C=O) groups is 3. The summed E-state index contributed by atoms with van der Waals surface area (Å²) in [5, 5.41) is 9.07. The number of anilines is 2. The molecule has 0 aliphatic heterocycles. The summed E-state index contributed by atoms with van der Waals surface area (Å²) >= 11 is 13.5. The van der Waals surface area contributed by atoms with Gasteiger partial charge >= 0.3 is 0 Å². The molecule has 0 fully saturated rings. The van der Waals surface area contributed by atoms with E-state index in [4.69, 9.17) is 23.2 Å². The molecule has 1 unspecified atom stereocenters. The Morgan fingerprint density at radius 1 is 0.644 bits per heavy atom. The van der Waals surface area contributed by atoms with Gasteiger partial charge in [-0.1, -0.05) is 89.9 Å². The van der Waals surface area contributed by atoms with Crippen LogP contribution in [0.25, 0.3) is 6.08 Å². The number of benzene rings is 5. The van der Waals surface area contributed by atoms with Crippen molar-refractivity contribution in [3.05, 3.63) is 166 Å². The van der Waals surface area contributed by atoms with Crippen molar-refractivity contribution in [2.24, 2.45) is 0 Å². The fourth-order valence-electron chi connectivity index (χ4n) is 4.29. The Labute approximate surface area is 275 Å². The molecule has 0 bridgehead atoms. The predicted molar refractivity (Wildman–Crippen MR) is 184 cm³/mol. The van der Waals surface area contributed by atoms with Crippen LogP contribution in [0.3, 0.4) is 0 Å². The van der Waals surface area contributed by atoms with Gasteiger partial charge in [0.05, 0.1) is 0 Å². The van der Waals surface area contributed by atoms with E-state index >= 15 is 0 Å². The van der Waals surface area contributed by atoms with Crippen molar-refractivity contribution >= 4 is 70.1 Å². The second kappa shape index (κ2) is 15.3. The monoisotopic (exact) mass is 651 g/mol. The van der Waals surface area contributed by atoms with Crippen molar-refractivity contribution in [2.75, 3.05) is 10.6 Å². The number of halogens is 2. The quantitative estimate of drug-likeness (QED) is 0.104. The number of hydrogen-bond acceptors (Lipinski definition) is 4. The molecule has 0 saturated carbocycles. The minimum absolute atomic E-state index is 0.0615. The lowest BCUT2D eigenvalue weighted by molar-refractivity contribution is -0.116. The maximum atomic E-state index is 13.4. The molecule has 0 aliphatic carbocycles. The SMILES string of the molecule is O=C(Nc1ccc(SC(C(=O)Nc2cccc(Cl)c2)c2ccccc2)cc1)/C(=C/c1ccc(Cl)cc1)NC(=O)c1ccccc1. The fourth-order valence-corrected chi connectivity index (χ4v) is 5.64. The third kappa shape index (κ3) is 9.09. The maximum absolute atomic E-state index is 13.4. The Kier molecular flexibility index (Phi) is 10.7. The number of amides is 3. The highest BCUT2D eigenvalue weighted by Gasteiger charge is 2.22. The van der Waals surface area contributed by atoms with Crippen molar-refractivity contribution in [3.8, 4) is 0 Å². The van der Waals surface area contributed by atoms with Crippen molar-refractivity contribution in [2.45, 2.75) is 10.1 Å². The smallest absolute Gasteiger partial charge is 0.272 e. The number of hydrogen-bond donors (Lipinski definition) is 3. The Balaban J connectivity index is 1.32. The molecular formula is C36H27Cl2N3O3S. The Bertz CT molecular complexity index is 1810. The standard InChI is InChI=1S/C36H27Cl2N3O3S/c37-27-16-14-24(15-17-27)22-32(41-34(42)26-10-5-2-6-11-26)35(43)39-29-18-20-31(21-19-29)45-33(25-8-3-1-4-9-25)36(44)40-30-13-7-12-28(38)23-30/h1-23,33H,(H,39,43)(H,40,44)(H,41,42)/b32-22-. The van der Waals surface area contributed by atoms with Crippen LogP contribution in [0.2, 0.25) is 10.0 Å². The van der Waals surface area contributed by atoms with Gasteiger partial charge in [0.2, 0.25) is 5.91 Å². The molecule has 0 saturated heterocycles. The molecule has 6 nitrogen and oxygen atoms in total. The van der Waals surface area contributed by atoms with Crippen LogP contribution in [0.5, 0.6) is 0 Å². The molecule has 0 heterocycles. The molecule has 0 spiro atoms. The normalized spacial score (nSPS) is 11.7. The zero-order valence-corrected chi connectivity index (χ0v) is 26.1. The second-order valence-corrected chi connectivity index (χ2v) is 11.9. The van der Waals surface area contributed by atoms with Crippen LogP contribution in [-0.2, 0) is 9.59 Å². The van der Waals surface area contributed by atoms with E-state index in [0.29, 0.717) is 32.5 Å². The minimum Gasteiger partial charge on any atom is -0.325 e. The van der Waals surface area contributed by atoms with Crippen LogP contribution < -0.4 is 16.0 Å². The second-order valence-electron chi connectivity index (χ2n) is 9.82. The third-order valence-electron chi connectivity index (χ3n) is 6.51. The summed E-state index contributed by atoms with van der Waals surface area (Å²) < 4.78 is 0. The topological polar surface area (TPSA) is 87.3 Å². The summed E-state index contributed by atoms with van der Waals surface area (Å²) in [6.45, 7) is 0. The van der Waals surface area contributed by atoms with E-state index in [1.165, 1.54) is 11.8 Å². The summed E-state index contributed by atoms with van der Waals surface area (Å²) in [5.41, 5.74) is 3.12. The van der Waals surface area contributed by atoms with Gasteiger partial charge in [0.1, 0.15) is 10.9 Å². The predicted octanol–water partition coefficient (Wildman–Crippen LogP) is 8.88. The Hall–Kier alpha value is -4.82. The van der Waals surface area contributed by atoms with Gasteiger partial charge in [0.25, 0.3) is 11.8 Å². The van der Waals surface area contributed by atoms with Crippen molar-refractivity contribution in [3.63, 3.8) is 0 Å². The Morgan fingerprint density at radius 2 is 1.31 bits per heavy atom. The van der Waals surface area contributed by atoms with Gasteiger partial charge in [0, 0.05) is 31.9 Å². The van der Waals surface area contributed by atoms with E-state index < -0.39 is 17.1 Å². The molecular weight excluding hydrogens is 625 g/mol. The molecule has 1 atom stereocenters. The van der Waals surface area contributed by atoms with Crippen LogP contribution >= 0.6 is 35.0 Å². The van der Waals surface area contributed by atoms with Crippen LogP contribution in [0, 0.1) is 0 Å². The molecule has 224 valence electrons. The van der Waals surface area contributed by atoms with Gasteiger partial charge in [0.15, 0.2) is 0 Å². The van der Waals surface area contributed by atoms with Gasteiger partial charge in [-0.2, -0.15) is 0 Å². The van der Waals surface area contributed by atoms with E-state index in [9.17, 15) is 14.4 Å². The first-order valence-electron chi connectivity index (χ1n) is 13.9. The van der Waals surface area contributed by atoms with Crippen LogP contribution in [0.1, 0.15) is 26.7 Å². The number of carbonyl (C=O) groups excluding carboxylic acids is 3. The molecule has 5 aromatic rings. The van der Waals surface area contributed by atoms with Crippen molar-refractivity contribution in [1.82, 2.24) is 5.32 Å². The molecule has 45 heavy (non-hydrogen) atoms. The number of thioether (sulfide) groups is 1. The lowest BCUT2D eigenvalue weighted by Gasteiger charge is -2.18. The molecule has 3 amide bonds. The van der Waals surface area contributed by atoms with E-state index in [0.717, 1.165) is 10.5 Å². The van der Waals surface area contributed by atoms with Gasteiger partial charge in [-0.15, -0.1) is 11.8 Å². The van der Waals surface area contributed by atoms with E-state index in [-0.39, 0.29) is 11.6 Å². The number of rotatable bonds is 10. The zero-order valence-electron chi connectivity index (χ0n) is 23.7. The Morgan fingerprint density at radius 3 is 1.98 bits per heavy atom. The molecule has 9 heteroatoms. The highest BCUT2D eigenvalue weighted by Crippen LogP contribution is 2.37. The summed E-state index contributed by atoms with van der Waals surface area (Å²) in [6.07, 6.45) is 1.58. The summed E-state index contributed by atoms with van der Waals surface area (Å²) in [6, 6.07) is 39.2. The van der Waals surface area contributed by atoms with Crippen molar-refractivity contribution in [1.29, 1.82) is 0 Å². The maximum Gasteiger partial charge on any atom is 0.272 e. The van der Waals surface area contributed by atoms with Gasteiger partial charge < -0.3 is 16.0 Å². The van der Waals surface area contributed by atoms with Crippen LogP contribution in [0.15, 0.2) is 144 Å². The van der Waals surface area contributed by atoms with Gasteiger partial charge in [-0.3, -0.25) is 14.4 Å². The molecule has 5 aromatic carbocycles. The van der Waals surface area contributed by atoms with E-state index in [2.05, 4.69) is 16.0 Å². The highest BCUT2D eigenvalue weighted by atomic mass is 35.5. The third-order valence-corrected chi connectivity index (χ3v) is 8.26. The van der Waals surface area contributed by atoms with E-state index in [1.54, 1.807) is 91.0 Å². The summed E-state index contributed by atoms with van der Waals surface area (Å²) in [4.78, 5) is 40.5. The number of nitrogens with one attached hydrogen (secondary N) is 3. The molecule has 0 aromatic heterocycles. The first kappa shape index (κ1) is 31.6. The molecule has 0 radical (unpaired) electrons. The van der Waals surface area contributed by atoms with Crippen molar-refractivity contribution < 1.29 is 14.4 Å². The fraction of sp³-hybridized carbons (Fsp3) is 0.0278. The largest absolute Gasteiger partial charge is 0.325 e. The molecule has 3 N–H and O–H groups in total. The van der Waals surface area contributed by atoms with Gasteiger partial charge in [-0.05, 0) is 83.9 Å². The minimum atomic E-state index is -0.548. The average molecular weight is 653 g/mol. The van der Waals surface area contributed by atoms with E-state index in [1.807, 2.05) is 48.5 Å². The first-order chi connectivity index (χ1) is 21.8. The lowest BCUT2D eigenvalue weighted by Crippen LogP contribution is -2.30. The van der Waals surface area contributed by atoms with Crippen LogP contribution in [-0.4, -0.2) is 17.7 Å². The summed E-state index contributed by atoms with van der Waals surface area (Å²) in [7, 11) is 0. The lowest BCUT2D eigenvalue weighted by atomic mass is 10.1. The highest BCUT2D eigenvalue weighted by molar-refractivity contribution is 8.00. The van der Waals surface area contributed by atoms with Crippen LogP contribution in [0.4, 0.5) is 11.4 Å². The average Bonchev–Trinajstić information content (AvgIpc) is 3.05. The zero-order chi connectivity index (χ0) is 31.6. The summed E-state index contributed by atoms with van der Waals surface area (Å²) in [5.74, 6) is -1.12. The molecule has 0 aliphatic rings. The first-order valence-corrected chi connectivity index (χ1v) is 15.5. The molecule has 5 rings (SSSR count). The van der Waals surface area contributed by atoms with Gasteiger partial charge in [-0.25, -0.2) is 0 Å².